The molecule has 2 amide bonds. The molecule has 4 aliphatic rings. The first-order valence-corrected chi connectivity index (χ1v) is 13.2. The molecule has 1 aromatic heterocycles. The van der Waals surface area contributed by atoms with Gasteiger partial charge in [0.2, 0.25) is 11.8 Å². The average molecular weight is 494 g/mol. The Balaban J connectivity index is 1.47. The second-order valence-corrected chi connectivity index (χ2v) is 10.7. The zero-order valence-electron chi connectivity index (χ0n) is 20.3. The van der Waals surface area contributed by atoms with Crippen molar-refractivity contribution in [3.63, 3.8) is 0 Å². The molecule has 2 bridgehead atoms. The highest BCUT2D eigenvalue weighted by Gasteiger charge is 2.59. The number of benzene rings is 1. The summed E-state index contributed by atoms with van der Waals surface area (Å²) in [6.45, 7) is 1.32. The molecule has 190 valence electrons. The number of piperidine rings is 1. The Hall–Kier alpha value is -3.00. The molecule has 8 heteroatoms. The first-order valence-electron chi connectivity index (χ1n) is 13.2. The number of aliphatic hydroxyl groups is 1. The monoisotopic (exact) mass is 493 g/mol. The van der Waals surface area contributed by atoms with E-state index in [4.69, 9.17) is 0 Å². The summed E-state index contributed by atoms with van der Waals surface area (Å²) in [6.07, 6.45) is 5.67. The number of nitrogens with zero attached hydrogens (tertiary/aromatic N) is 3. The van der Waals surface area contributed by atoms with Crippen LogP contribution in [0.5, 0.6) is 0 Å². The van der Waals surface area contributed by atoms with Gasteiger partial charge in [-0.15, -0.1) is 0 Å². The predicted octanol–water partition coefficient (Wildman–Crippen LogP) is 2.96. The van der Waals surface area contributed by atoms with Crippen LogP contribution in [-0.4, -0.2) is 57.0 Å². The van der Waals surface area contributed by atoms with Crippen LogP contribution < -0.4 is 5.56 Å². The van der Waals surface area contributed by atoms with Crippen LogP contribution in [0.25, 0.3) is 11.1 Å². The summed E-state index contributed by atoms with van der Waals surface area (Å²) in [4.78, 5) is 44.9. The molecule has 4 atom stereocenters. The van der Waals surface area contributed by atoms with E-state index in [0.29, 0.717) is 18.8 Å². The van der Waals surface area contributed by atoms with E-state index >= 15 is 0 Å². The summed E-state index contributed by atoms with van der Waals surface area (Å²) in [6, 6.07) is 8.54. The van der Waals surface area contributed by atoms with Crippen LogP contribution in [-0.2, 0) is 16.1 Å². The lowest BCUT2D eigenvalue weighted by Gasteiger charge is -2.42. The standard InChI is InChI=1S/C28H32FN3O4/c29-21-10-3-2-9-18(21)19-11-12-22-25-24(28(36)30-13-4-1-5-14-30)20(16-33)23(15-31(22)27(19)35)32(25)26(34)17-7-6-8-17/h2-3,9-12,17,20,23-25,33H,1,4-8,13-16H2/t20-,23-,24+,25+/m0/s1. The summed E-state index contributed by atoms with van der Waals surface area (Å²) in [7, 11) is 0. The van der Waals surface area contributed by atoms with E-state index in [1.54, 1.807) is 34.9 Å². The number of amides is 2. The number of pyridine rings is 1. The minimum atomic E-state index is -0.606. The van der Waals surface area contributed by atoms with Gasteiger partial charge in [-0.3, -0.25) is 14.4 Å². The van der Waals surface area contributed by atoms with Crippen LogP contribution in [0.3, 0.4) is 0 Å². The zero-order valence-corrected chi connectivity index (χ0v) is 20.3. The second kappa shape index (κ2) is 9.14. The molecule has 0 spiro atoms. The van der Waals surface area contributed by atoms with Crippen LogP contribution in [0.15, 0.2) is 41.2 Å². The van der Waals surface area contributed by atoms with Crippen LogP contribution >= 0.6 is 0 Å². The van der Waals surface area contributed by atoms with E-state index in [1.165, 1.54) is 6.07 Å². The second-order valence-electron chi connectivity index (χ2n) is 10.7. The smallest absolute Gasteiger partial charge is 0.258 e. The molecule has 1 aromatic carbocycles. The maximum absolute atomic E-state index is 14.6. The van der Waals surface area contributed by atoms with Gasteiger partial charge in [0.05, 0.1) is 23.6 Å². The average Bonchev–Trinajstić information content (AvgIpc) is 3.10. The van der Waals surface area contributed by atoms with Crippen molar-refractivity contribution in [2.24, 2.45) is 17.8 Å². The molecule has 0 radical (unpaired) electrons. The van der Waals surface area contributed by atoms with E-state index in [0.717, 1.165) is 38.5 Å². The van der Waals surface area contributed by atoms with Crippen molar-refractivity contribution >= 4 is 11.8 Å². The van der Waals surface area contributed by atoms with Gasteiger partial charge in [-0.1, -0.05) is 24.6 Å². The number of aromatic nitrogens is 1. The van der Waals surface area contributed by atoms with Gasteiger partial charge in [-0.2, -0.15) is 0 Å². The fraction of sp³-hybridized carbons (Fsp3) is 0.536. The fourth-order valence-corrected chi connectivity index (χ4v) is 6.76. The van der Waals surface area contributed by atoms with Crippen molar-refractivity contribution in [1.82, 2.24) is 14.4 Å². The summed E-state index contributed by atoms with van der Waals surface area (Å²) < 4.78 is 16.2. The molecule has 1 saturated carbocycles. The maximum Gasteiger partial charge on any atom is 0.258 e. The highest BCUT2D eigenvalue weighted by atomic mass is 19.1. The number of hydrogen-bond acceptors (Lipinski definition) is 4. The van der Waals surface area contributed by atoms with E-state index < -0.39 is 29.7 Å². The van der Waals surface area contributed by atoms with E-state index in [1.807, 2.05) is 9.80 Å². The molecule has 4 heterocycles. The molecule has 6 rings (SSSR count). The van der Waals surface area contributed by atoms with Gasteiger partial charge in [0, 0.05) is 49.3 Å². The van der Waals surface area contributed by atoms with Crippen molar-refractivity contribution in [3.8, 4) is 11.1 Å². The summed E-state index contributed by atoms with van der Waals surface area (Å²) in [5.74, 6) is -1.59. The highest BCUT2D eigenvalue weighted by Crippen LogP contribution is 2.50. The normalized spacial score (nSPS) is 27.5. The molecule has 3 aliphatic heterocycles. The SMILES string of the molecule is O=C([C@@H]1[C@@H](CO)[C@@H]2Cn3c(ccc(-c4ccccc4F)c3=O)[C@H]1N2C(=O)C1CCC1)N1CCCCC1. The lowest BCUT2D eigenvalue weighted by Crippen LogP contribution is -2.51. The Labute approximate surface area is 209 Å². The quantitative estimate of drug-likeness (QED) is 0.710. The Morgan fingerprint density at radius 2 is 1.69 bits per heavy atom. The van der Waals surface area contributed by atoms with Gasteiger partial charge in [-0.25, -0.2) is 4.39 Å². The molecule has 3 fully saturated rings. The lowest BCUT2D eigenvalue weighted by atomic mass is 9.83. The Kier molecular flexibility index (Phi) is 5.94. The molecular formula is C28H32FN3O4. The predicted molar refractivity (Wildman–Crippen MR) is 131 cm³/mol. The number of carbonyl (C=O) groups excluding carboxylic acids is 2. The van der Waals surface area contributed by atoms with E-state index in [-0.39, 0.29) is 47.6 Å². The number of halogens is 1. The molecule has 7 nitrogen and oxygen atoms in total. The first kappa shape index (κ1) is 23.4. The third kappa shape index (κ3) is 3.52. The van der Waals surface area contributed by atoms with Gasteiger partial charge < -0.3 is 19.5 Å². The van der Waals surface area contributed by atoms with Gasteiger partial charge in [-0.05, 0) is 50.3 Å². The molecule has 0 unspecified atom stereocenters. The van der Waals surface area contributed by atoms with Crippen LogP contribution in [0.2, 0.25) is 0 Å². The van der Waals surface area contributed by atoms with E-state index in [9.17, 15) is 23.9 Å². The number of rotatable bonds is 4. The van der Waals surface area contributed by atoms with Crippen molar-refractivity contribution in [3.05, 3.63) is 58.3 Å². The number of carbonyl (C=O) groups is 2. The number of aliphatic hydroxyl groups excluding tert-OH is 1. The fourth-order valence-electron chi connectivity index (χ4n) is 6.76. The van der Waals surface area contributed by atoms with Crippen LogP contribution in [0.4, 0.5) is 4.39 Å². The first-order chi connectivity index (χ1) is 17.5. The molecule has 36 heavy (non-hydrogen) atoms. The summed E-state index contributed by atoms with van der Waals surface area (Å²) in [5.41, 5.74) is 0.772. The minimum Gasteiger partial charge on any atom is -0.396 e. The van der Waals surface area contributed by atoms with Gasteiger partial charge >= 0.3 is 0 Å². The van der Waals surface area contributed by atoms with Crippen molar-refractivity contribution in [1.29, 1.82) is 0 Å². The third-order valence-corrected chi connectivity index (χ3v) is 8.87. The summed E-state index contributed by atoms with van der Waals surface area (Å²) >= 11 is 0. The molecule has 2 saturated heterocycles. The lowest BCUT2D eigenvalue weighted by molar-refractivity contribution is -0.144. The molecular weight excluding hydrogens is 461 g/mol. The van der Waals surface area contributed by atoms with Crippen molar-refractivity contribution in [2.75, 3.05) is 19.7 Å². The zero-order chi connectivity index (χ0) is 25.0. The van der Waals surface area contributed by atoms with Crippen LogP contribution in [0.1, 0.15) is 50.3 Å². The molecule has 1 aliphatic carbocycles. The number of hydrogen-bond donors (Lipinski definition) is 1. The molecule has 2 aromatic rings. The minimum absolute atomic E-state index is 0.0283. The third-order valence-electron chi connectivity index (χ3n) is 8.87. The van der Waals surface area contributed by atoms with Gasteiger partial charge in [0.1, 0.15) is 5.82 Å². The number of likely N-dealkylation sites (tertiary alicyclic amines) is 1. The highest BCUT2D eigenvalue weighted by molar-refractivity contribution is 5.86. The number of fused-ring (bicyclic) bond motifs is 4. The maximum atomic E-state index is 14.6. The Morgan fingerprint density at radius 1 is 0.944 bits per heavy atom. The van der Waals surface area contributed by atoms with Crippen LogP contribution in [0, 0.1) is 23.6 Å². The topological polar surface area (TPSA) is 82.8 Å². The van der Waals surface area contributed by atoms with Gasteiger partial charge in [0.25, 0.3) is 5.56 Å². The Morgan fingerprint density at radius 3 is 2.36 bits per heavy atom. The summed E-state index contributed by atoms with van der Waals surface area (Å²) in [5, 5.41) is 10.5. The van der Waals surface area contributed by atoms with E-state index in [2.05, 4.69) is 0 Å². The van der Waals surface area contributed by atoms with Crippen molar-refractivity contribution in [2.45, 2.75) is 57.2 Å². The van der Waals surface area contributed by atoms with Crippen molar-refractivity contribution < 1.29 is 19.1 Å². The molecule has 1 N–H and O–H groups in total. The van der Waals surface area contributed by atoms with Gasteiger partial charge in [0.15, 0.2) is 0 Å². The largest absolute Gasteiger partial charge is 0.396 e. The Bertz CT molecular complexity index is 1250.